The first-order valence-electron chi connectivity index (χ1n) is 7.28. The van der Waals surface area contributed by atoms with Gasteiger partial charge in [-0.1, -0.05) is 42.5 Å². The van der Waals surface area contributed by atoms with Gasteiger partial charge in [-0.3, -0.25) is 9.59 Å². The van der Waals surface area contributed by atoms with Gasteiger partial charge in [-0.2, -0.15) is 0 Å². The molecule has 0 saturated heterocycles. The number of hydrogen-bond donors (Lipinski definition) is 1. The van der Waals surface area contributed by atoms with Crippen LogP contribution in [0.2, 0.25) is 0 Å². The van der Waals surface area contributed by atoms with E-state index in [4.69, 9.17) is 0 Å². The Bertz CT molecular complexity index is 581. The van der Waals surface area contributed by atoms with Crippen molar-refractivity contribution in [3.8, 4) is 0 Å². The van der Waals surface area contributed by atoms with Crippen LogP contribution in [0.4, 0.5) is 0 Å². The number of carboxylic acids is 1. The predicted molar refractivity (Wildman–Crippen MR) is 78.3 cm³/mol. The lowest BCUT2D eigenvalue weighted by Crippen LogP contribution is -2.40. The first-order valence-corrected chi connectivity index (χ1v) is 7.28. The van der Waals surface area contributed by atoms with Gasteiger partial charge in [0.05, 0.1) is 11.8 Å². The number of carbonyl (C=O) groups excluding carboxylic acids is 1. The van der Waals surface area contributed by atoms with Crippen LogP contribution in [0.5, 0.6) is 0 Å². The molecule has 2 aliphatic rings. The normalized spacial score (nSPS) is 29.6. The fraction of sp³-hybridized carbons (Fsp3) is 0.412. The SMILES string of the molecule is CN(Cc1ccccc1)C(=O)[C@H]1[C@H](C(=O)O)[C@H]2C=C[C@H]1C2. The van der Waals surface area contributed by atoms with Crippen molar-refractivity contribution >= 4 is 11.9 Å². The van der Waals surface area contributed by atoms with Crippen LogP contribution >= 0.6 is 0 Å². The van der Waals surface area contributed by atoms with Crippen LogP contribution in [-0.4, -0.2) is 28.9 Å². The molecule has 0 radical (unpaired) electrons. The summed E-state index contributed by atoms with van der Waals surface area (Å²) in [7, 11) is 1.75. The molecule has 1 aromatic carbocycles. The largest absolute Gasteiger partial charge is 0.481 e. The van der Waals surface area contributed by atoms with E-state index in [0.29, 0.717) is 6.54 Å². The Morgan fingerprint density at radius 3 is 2.38 bits per heavy atom. The zero-order chi connectivity index (χ0) is 15.0. The van der Waals surface area contributed by atoms with E-state index >= 15 is 0 Å². The monoisotopic (exact) mass is 285 g/mol. The Morgan fingerprint density at radius 1 is 1.14 bits per heavy atom. The van der Waals surface area contributed by atoms with Crippen LogP contribution < -0.4 is 0 Å². The molecular weight excluding hydrogens is 266 g/mol. The van der Waals surface area contributed by atoms with Gasteiger partial charge >= 0.3 is 5.97 Å². The molecule has 0 aromatic heterocycles. The van der Waals surface area contributed by atoms with E-state index in [1.165, 1.54) is 0 Å². The maximum Gasteiger partial charge on any atom is 0.307 e. The minimum Gasteiger partial charge on any atom is -0.481 e. The van der Waals surface area contributed by atoms with Crippen LogP contribution in [0.1, 0.15) is 12.0 Å². The minimum atomic E-state index is -0.849. The van der Waals surface area contributed by atoms with Crippen molar-refractivity contribution in [3.05, 3.63) is 48.0 Å². The lowest BCUT2D eigenvalue weighted by atomic mass is 9.82. The summed E-state index contributed by atoms with van der Waals surface area (Å²) < 4.78 is 0. The average molecular weight is 285 g/mol. The summed E-state index contributed by atoms with van der Waals surface area (Å²) in [5.74, 6) is -1.77. The Labute approximate surface area is 124 Å². The molecule has 0 spiro atoms. The molecule has 1 fully saturated rings. The number of rotatable bonds is 4. The fourth-order valence-corrected chi connectivity index (χ4v) is 3.69. The molecule has 0 unspecified atom stereocenters. The van der Waals surface area contributed by atoms with E-state index in [-0.39, 0.29) is 17.7 Å². The highest BCUT2D eigenvalue weighted by molar-refractivity contribution is 5.86. The van der Waals surface area contributed by atoms with Gasteiger partial charge in [-0.25, -0.2) is 0 Å². The Kier molecular flexibility index (Phi) is 3.53. The summed E-state index contributed by atoms with van der Waals surface area (Å²) in [6.07, 6.45) is 4.78. The van der Waals surface area contributed by atoms with Crippen LogP contribution in [0.15, 0.2) is 42.5 Å². The number of aliphatic carboxylic acids is 1. The first kappa shape index (κ1) is 13.9. The van der Waals surface area contributed by atoms with Gasteiger partial charge in [-0.05, 0) is 23.8 Å². The second-order valence-corrected chi connectivity index (χ2v) is 6.02. The Balaban J connectivity index is 1.75. The topological polar surface area (TPSA) is 57.6 Å². The summed E-state index contributed by atoms with van der Waals surface area (Å²) in [6, 6.07) is 9.76. The second-order valence-electron chi connectivity index (χ2n) is 6.02. The van der Waals surface area contributed by atoms with Gasteiger partial charge in [0.2, 0.25) is 5.91 Å². The fourth-order valence-electron chi connectivity index (χ4n) is 3.69. The van der Waals surface area contributed by atoms with Crippen molar-refractivity contribution in [1.82, 2.24) is 4.90 Å². The van der Waals surface area contributed by atoms with E-state index < -0.39 is 17.8 Å². The standard InChI is InChI=1S/C17H19NO3/c1-18(10-11-5-3-2-4-6-11)16(19)14-12-7-8-13(9-12)15(14)17(20)21/h2-8,12-15H,9-10H2,1H3,(H,20,21)/t12-,13-,14+,15+/m0/s1. The van der Waals surface area contributed by atoms with E-state index in [1.54, 1.807) is 11.9 Å². The summed E-state index contributed by atoms with van der Waals surface area (Å²) in [5.41, 5.74) is 1.05. The molecule has 4 atom stereocenters. The van der Waals surface area contributed by atoms with Gasteiger partial charge < -0.3 is 10.0 Å². The molecular formula is C17H19NO3. The predicted octanol–water partition coefficient (Wildman–Crippen LogP) is 2.17. The van der Waals surface area contributed by atoms with Crippen LogP contribution in [0, 0.1) is 23.7 Å². The van der Waals surface area contributed by atoms with Crippen molar-refractivity contribution < 1.29 is 14.7 Å². The number of carboxylic acid groups (broad SMARTS) is 1. The van der Waals surface area contributed by atoms with Crippen molar-refractivity contribution in [2.24, 2.45) is 23.7 Å². The molecule has 110 valence electrons. The minimum absolute atomic E-state index is 0.0200. The molecule has 4 heteroatoms. The molecule has 0 aliphatic heterocycles. The number of benzene rings is 1. The molecule has 21 heavy (non-hydrogen) atoms. The Hall–Kier alpha value is -2.10. The zero-order valence-corrected chi connectivity index (χ0v) is 12.0. The average Bonchev–Trinajstić information content (AvgIpc) is 3.08. The summed E-state index contributed by atoms with van der Waals surface area (Å²) in [6.45, 7) is 0.517. The van der Waals surface area contributed by atoms with Gasteiger partial charge in [0.15, 0.2) is 0 Å². The summed E-state index contributed by atoms with van der Waals surface area (Å²) in [5, 5.41) is 9.42. The Morgan fingerprint density at radius 2 is 1.76 bits per heavy atom. The van der Waals surface area contributed by atoms with Gasteiger partial charge in [0, 0.05) is 13.6 Å². The molecule has 1 aromatic rings. The highest BCUT2D eigenvalue weighted by Gasteiger charge is 2.52. The number of nitrogens with zero attached hydrogens (tertiary/aromatic N) is 1. The third-order valence-electron chi connectivity index (χ3n) is 4.67. The van der Waals surface area contributed by atoms with E-state index in [9.17, 15) is 14.7 Å². The summed E-state index contributed by atoms with van der Waals surface area (Å²) >= 11 is 0. The smallest absolute Gasteiger partial charge is 0.307 e. The molecule has 2 bridgehead atoms. The first-order chi connectivity index (χ1) is 10.1. The molecule has 0 heterocycles. The lowest BCUT2D eigenvalue weighted by Gasteiger charge is -2.28. The number of amides is 1. The molecule has 3 rings (SSSR count). The number of fused-ring (bicyclic) bond motifs is 2. The van der Waals surface area contributed by atoms with Gasteiger partial charge in [0.1, 0.15) is 0 Å². The third-order valence-corrected chi connectivity index (χ3v) is 4.67. The highest BCUT2D eigenvalue weighted by Crippen LogP contribution is 2.48. The molecule has 2 aliphatic carbocycles. The number of carbonyl (C=O) groups is 2. The van der Waals surface area contributed by atoms with Crippen molar-refractivity contribution in [2.75, 3.05) is 7.05 Å². The van der Waals surface area contributed by atoms with Crippen molar-refractivity contribution in [2.45, 2.75) is 13.0 Å². The van der Waals surface area contributed by atoms with Crippen molar-refractivity contribution in [1.29, 1.82) is 0 Å². The van der Waals surface area contributed by atoms with Crippen molar-refractivity contribution in [3.63, 3.8) is 0 Å². The lowest BCUT2D eigenvalue weighted by molar-refractivity contribution is -0.150. The zero-order valence-electron chi connectivity index (χ0n) is 12.0. The maximum absolute atomic E-state index is 12.7. The quantitative estimate of drug-likeness (QED) is 0.863. The molecule has 4 nitrogen and oxygen atoms in total. The van der Waals surface area contributed by atoms with Crippen LogP contribution in [0.25, 0.3) is 0 Å². The maximum atomic E-state index is 12.7. The second kappa shape index (κ2) is 5.35. The van der Waals surface area contributed by atoms with Crippen LogP contribution in [-0.2, 0) is 16.1 Å². The molecule has 1 amide bonds. The van der Waals surface area contributed by atoms with E-state index in [0.717, 1.165) is 12.0 Å². The third kappa shape index (κ3) is 2.46. The summed E-state index contributed by atoms with van der Waals surface area (Å²) in [4.78, 5) is 25.8. The molecule has 1 N–H and O–H groups in total. The van der Waals surface area contributed by atoms with E-state index in [2.05, 4.69) is 0 Å². The molecule has 1 saturated carbocycles. The van der Waals surface area contributed by atoms with Gasteiger partial charge in [-0.15, -0.1) is 0 Å². The van der Waals surface area contributed by atoms with Gasteiger partial charge in [0.25, 0.3) is 0 Å². The van der Waals surface area contributed by atoms with E-state index in [1.807, 2.05) is 42.5 Å². The number of hydrogen-bond acceptors (Lipinski definition) is 2. The van der Waals surface area contributed by atoms with Crippen LogP contribution in [0.3, 0.4) is 0 Å². The highest BCUT2D eigenvalue weighted by atomic mass is 16.4. The number of allylic oxidation sites excluding steroid dienone is 2.